The number of carbonyl (C=O) groups excluding carboxylic acids is 1. The summed E-state index contributed by atoms with van der Waals surface area (Å²) >= 11 is 5.73. The second-order valence-corrected chi connectivity index (χ2v) is 17.4. The third-order valence-corrected chi connectivity index (χ3v) is 12.6. The van der Waals surface area contributed by atoms with E-state index in [1.54, 1.807) is 12.1 Å². The molecule has 8 rings (SSSR count). The fourth-order valence-electron chi connectivity index (χ4n) is 8.54. The number of rotatable bonds is 12. The minimum Gasteiger partial charge on any atom is -0.374 e. The summed E-state index contributed by atoms with van der Waals surface area (Å²) in [5.41, 5.74) is 8.38. The largest absolute Gasteiger partial charge is 0.374 e. The molecule has 6 aromatic rings. The highest BCUT2D eigenvalue weighted by molar-refractivity contribution is 6.30. The summed E-state index contributed by atoms with van der Waals surface area (Å²) in [5, 5.41) is 18.7. The molecule has 2 aliphatic heterocycles. The van der Waals surface area contributed by atoms with Gasteiger partial charge in [-0.1, -0.05) is 67.6 Å². The molecule has 0 saturated carbocycles. The molecule has 5 N–H and O–H groups in total. The first kappa shape index (κ1) is 50.6. The van der Waals surface area contributed by atoms with Gasteiger partial charge in [0, 0.05) is 71.4 Å². The van der Waals surface area contributed by atoms with Crippen molar-refractivity contribution in [2.75, 3.05) is 64.0 Å². The molecule has 0 unspecified atom stereocenters. The molecule has 12 heteroatoms. The quantitative estimate of drug-likeness (QED) is 0.0786. The van der Waals surface area contributed by atoms with Gasteiger partial charge < -0.3 is 45.5 Å². The van der Waals surface area contributed by atoms with Crippen LogP contribution in [0.5, 0.6) is 0 Å². The summed E-state index contributed by atoms with van der Waals surface area (Å²) in [6, 6.07) is 32.7. The number of likely N-dealkylation sites (tertiary alicyclic amines) is 2. The summed E-state index contributed by atoms with van der Waals surface area (Å²) in [7, 11) is 4.38. The van der Waals surface area contributed by atoms with E-state index >= 15 is 0 Å². The second kappa shape index (κ2) is 25.9. The molecule has 354 valence electrons. The van der Waals surface area contributed by atoms with E-state index in [0.29, 0.717) is 24.3 Å². The molecule has 0 aliphatic carbocycles. The van der Waals surface area contributed by atoms with Crippen molar-refractivity contribution in [1.82, 2.24) is 34.9 Å². The van der Waals surface area contributed by atoms with Crippen LogP contribution in [0.2, 0.25) is 5.02 Å². The molecule has 2 amide bonds. The van der Waals surface area contributed by atoms with Gasteiger partial charge in [-0.3, -0.25) is 0 Å². The van der Waals surface area contributed by atoms with Crippen molar-refractivity contribution in [3.8, 4) is 23.7 Å². The van der Waals surface area contributed by atoms with Crippen LogP contribution in [0, 0.1) is 29.5 Å². The molecule has 2 saturated heterocycles. The number of fused-ring (bicyclic) bond motifs is 2. The van der Waals surface area contributed by atoms with Gasteiger partial charge in [-0.2, -0.15) is 0 Å². The van der Waals surface area contributed by atoms with Crippen molar-refractivity contribution in [1.29, 1.82) is 0 Å². The lowest BCUT2D eigenvalue weighted by atomic mass is 10.0. The Balaban J connectivity index is 0.000000213. The summed E-state index contributed by atoms with van der Waals surface area (Å²) in [6.45, 7) is 17.1. The van der Waals surface area contributed by atoms with Gasteiger partial charge in [0.2, 0.25) is 0 Å². The Bertz CT molecular complexity index is 2640. The van der Waals surface area contributed by atoms with E-state index in [1.807, 2.05) is 44.2 Å². The number of hydrogen-bond donors (Lipinski definition) is 5. The van der Waals surface area contributed by atoms with E-state index < -0.39 is 5.82 Å². The molecule has 2 aromatic heterocycles. The van der Waals surface area contributed by atoms with Crippen molar-refractivity contribution in [2.45, 2.75) is 91.6 Å². The maximum Gasteiger partial charge on any atom is 0.319 e. The molecule has 0 spiro atoms. The third kappa shape index (κ3) is 14.9. The standard InChI is InChI=1S/C27H33N5O.C26H30ClFN4.C2H6/c1-3-32-25(10-7-15-28-27(33)30-24-8-5-4-6-9-24)19-22-18-21(11-12-26(22)32)20-29-23-13-16-31(2)17-14-23;1-3-32-23(5-4-12-29-22-7-8-24(27)25(28)17-22)16-20-15-19(6-9-26(20)32)18-30-21-10-13-31(2)14-11-21;1-2/h4-6,8-9,11-12,18-19,23,29H,3,13-17,20H2,1-2H3,(H2,28,30,33);6-9,15-17,21,29-30H,3,10-14,18H2,1-2H3;1-2H3. The molecular formula is C55H69ClFN9O. The van der Waals surface area contributed by atoms with Crippen LogP contribution in [0.4, 0.5) is 20.6 Å². The average molecular weight is 927 g/mol. The molecule has 2 fully saturated rings. The number of piperidine rings is 2. The van der Waals surface area contributed by atoms with Crippen molar-refractivity contribution >= 4 is 50.8 Å². The number of halogens is 2. The zero-order chi connectivity index (χ0) is 47.5. The molecule has 10 nitrogen and oxygen atoms in total. The summed E-state index contributed by atoms with van der Waals surface area (Å²) in [4.78, 5) is 16.8. The van der Waals surface area contributed by atoms with Crippen LogP contribution in [0.3, 0.4) is 0 Å². The Kier molecular flexibility index (Phi) is 19.6. The fraction of sp³-hybridized carbons (Fsp3) is 0.400. The Morgan fingerprint density at radius 1 is 0.657 bits per heavy atom. The Morgan fingerprint density at radius 2 is 1.16 bits per heavy atom. The van der Waals surface area contributed by atoms with Crippen LogP contribution in [0.1, 0.15) is 75.9 Å². The van der Waals surface area contributed by atoms with Gasteiger partial charge in [0.1, 0.15) is 5.82 Å². The number of nitrogens with zero attached hydrogens (tertiary/aromatic N) is 4. The lowest BCUT2D eigenvalue weighted by Crippen LogP contribution is -2.40. The smallest absolute Gasteiger partial charge is 0.319 e. The lowest BCUT2D eigenvalue weighted by molar-refractivity contribution is 0.234. The van der Waals surface area contributed by atoms with Gasteiger partial charge in [-0.15, -0.1) is 0 Å². The monoisotopic (exact) mass is 926 g/mol. The minimum absolute atomic E-state index is 0.120. The Morgan fingerprint density at radius 3 is 1.66 bits per heavy atom. The Hall–Kier alpha value is -5.79. The molecule has 0 atom stereocenters. The highest BCUT2D eigenvalue weighted by atomic mass is 35.5. The average Bonchev–Trinajstić information content (AvgIpc) is 3.89. The van der Waals surface area contributed by atoms with Crippen LogP contribution in [-0.4, -0.2) is 90.4 Å². The maximum absolute atomic E-state index is 13.6. The van der Waals surface area contributed by atoms with Gasteiger partial charge in [0.15, 0.2) is 0 Å². The molecule has 0 radical (unpaired) electrons. The second-order valence-electron chi connectivity index (χ2n) is 17.0. The van der Waals surface area contributed by atoms with Crippen LogP contribution < -0.4 is 26.6 Å². The third-order valence-electron chi connectivity index (χ3n) is 12.3. The molecule has 4 heterocycles. The summed E-state index contributed by atoms with van der Waals surface area (Å²) in [5.74, 6) is 12.3. The molecule has 67 heavy (non-hydrogen) atoms. The van der Waals surface area contributed by atoms with Crippen LogP contribution in [-0.2, 0) is 26.2 Å². The number of amides is 2. The highest BCUT2D eigenvalue weighted by Gasteiger charge is 2.17. The fourth-order valence-corrected chi connectivity index (χ4v) is 8.66. The summed E-state index contributed by atoms with van der Waals surface area (Å²) < 4.78 is 18.0. The predicted molar refractivity (Wildman–Crippen MR) is 278 cm³/mol. The maximum atomic E-state index is 13.6. The zero-order valence-corrected chi connectivity index (χ0v) is 41.0. The van der Waals surface area contributed by atoms with Gasteiger partial charge >= 0.3 is 6.03 Å². The first-order valence-electron chi connectivity index (χ1n) is 24.0. The number of nitrogens with one attached hydrogen (secondary N) is 5. The number of aromatic nitrogens is 2. The van der Waals surface area contributed by atoms with E-state index in [-0.39, 0.29) is 17.6 Å². The molecule has 0 bridgehead atoms. The molecule has 4 aromatic carbocycles. The van der Waals surface area contributed by atoms with E-state index in [9.17, 15) is 9.18 Å². The number of aryl methyl sites for hydroxylation is 2. The van der Waals surface area contributed by atoms with Crippen molar-refractivity contribution in [3.63, 3.8) is 0 Å². The van der Waals surface area contributed by atoms with Crippen LogP contribution in [0.25, 0.3) is 21.8 Å². The first-order valence-corrected chi connectivity index (χ1v) is 24.4. The Labute approximate surface area is 403 Å². The normalized spacial score (nSPS) is 14.4. The number of benzene rings is 4. The SMILES string of the molecule is CC.CCn1c(C#CCNC(=O)Nc2ccccc2)cc2cc(CNC3CCN(C)CC3)ccc21.CCn1c(C#CCNc2ccc(Cl)c(F)c2)cc2cc(CNC3CCN(C)CC3)ccc21. The molecule has 2 aliphatic rings. The van der Waals surface area contributed by atoms with E-state index in [2.05, 4.69) is 146 Å². The van der Waals surface area contributed by atoms with E-state index in [0.717, 1.165) is 43.3 Å². The number of hydrogen-bond acceptors (Lipinski definition) is 6. The van der Waals surface area contributed by atoms with Crippen molar-refractivity contribution in [2.24, 2.45) is 0 Å². The predicted octanol–water partition coefficient (Wildman–Crippen LogP) is 10.1. The minimum atomic E-state index is -0.433. The first-order chi connectivity index (χ1) is 32.6. The zero-order valence-electron chi connectivity index (χ0n) is 40.2. The van der Waals surface area contributed by atoms with Crippen molar-refractivity contribution < 1.29 is 9.18 Å². The lowest BCUT2D eigenvalue weighted by Gasteiger charge is -2.29. The highest BCUT2D eigenvalue weighted by Crippen LogP contribution is 2.24. The van der Waals surface area contributed by atoms with E-state index in [1.165, 1.54) is 90.9 Å². The van der Waals surface area contributed by atoms with Gasteiger partial charge in [-0.25, -0.2) is 9.18 Å². The van der Waals surface area contributed by atoms with Gasteiger partial charge in [0.05, 0.1) is 29.5 Å². The number of para-hydroxylation sites is 1. The van der Waals surface area contributed by atoms with E-state index in [4.69, 9.17) is 11.6 Å². The molecular weight excluding hydrogens is 857 g/mol. The number of urea groups is 1. The number of carbonyl (C=O) groups is 1. The van der Waals surface area contributed by atoms with Crippen LogP contribution in [0.15, 0.2) is 97.1 Å². The summed E-state index contributed by atoms with van der Waals surface area (Å²) in [6.07, 6.45) is 4.84. The number of anilines is 2. The van der Waals surface area contributed by atoms with Crippen molar-refractivity contribution in [3.05, 3.63) is 130 Å². The van der Waals surface area contributed by atoms with Crippen LogP contribution >= 0.6 is 11.6 Å². The van der Waals surface area contributed by atoms with Gasteiger partial charge in [-0.05, 0) is 170 Å². The topological polar surface area (TPSA) is 93.6 Å². The van der Waals surface area contributed by atoms with Gasteiger partial charge in [0.25, 0.3) is 0 Å².